The van der Waals surface area contributed by atoms with Crippen LogP contribution in [0.25, 0.3) is 153 Å². The molecule has 0 radical (unpaired) electrons. The summed E-state index contributed by atoms with van der Waals surface area (Å²) in [6, 6.07) is 196. The van der Waals surface area contributed by atoms with Crippen LogP contribution in [0.15, 0.2) is 540 Å². The Morgan fingerprint density at radius 3 is 0.586 bits per heavy atom. The van der Waals surface area contributed by atoms with E-state index in [1.165, 1.54) is 126 Å². The van der Waals surface area contributed by atoms with Crippen LogP contribution < -0.4 is 19.6 Å². The van der Waals surface area contributed by atoms with Crippen LogP contribution in [0.1, 0.15) is 0 Å². The van der Waals surface area contributed by atoms with Crippen molar-refractivity contribution in [3.8, 4) is 111 Å². The second-order valence-electron chi connectivity index (χ2n) is 34.7. The number of hydrogen-bond donors (Lipinski definition) is 0. The largest absolute Gasteiger partial charge is 0.311 e. The van der Waals surface area contributed by atoms with Gasteiger partial charge in [-0.3, -0.25) is 0 Å². The van der Waals surface area contributed by atoms with Crippen LogP contribution in [-0.4, -0.2) is 4.57 Å². The molecular weight excluding hydrogens is 1790 g/mol. The van der Waals surface area contributed by atoms with Crippen molar-refractivity contribution in [1.29, 1.82) is 0 Å². The molecule has 0 aliphatic heterocycles. The summed E-state index contributed by atoms with van der Waals surface area (Å²) in [4.78, 5) is 19.5. The van der Waals surface area contributed by atoms with Gasteiger partial charge >= 0.3 is 0 Å². The highest BCUT2D eigenvalue weighted by Crippen LogP contribution is 2.48. The number of rotatable bonds is 23. The van der Waals surface area contributed by atoms with Gasteiger partial charge in [0, 0.05) is 133 Å². The average Bonchev–Trinajstić information content (AvgIpc) is 1.60. The molecule has 0 bridgehead atoms. The molecule has 0 N–H and O–H groups in total. The number of para-hydroxylation sites is 4. The topological polar surface area (TPSA) is 17.9 Å². The maximum Gasteiger partial charge on any atom is 0.0541 e. The zero-order valence-corrected chi connectivity index (χ0v) is 80.2. The van der Waals surface area contributed by atoms with Crippen LogP contribution in [0, 0.1) is 0 Å². The molecule has 25 rings (SSSR count). The van der Waals surface area contributed by atoms with Crippen molar-refractivity contribution in [2.24, 2.45) is 0 Å². The number of benzene rings is 19. The summed E-state index contributed by atoms with van der Waals surface area (Å²) in [7, 11) is 0. The smallest absolute Gasteiger partial charge is 0.0541 e. The van der Waals surface area contributed by atoms with E-state index in [0.29, 0.717) is 0 Å². The van der Waals surface area contributed by atoms with Crippen molar-refractivity contribution >= 4 is 167 Å². The van der Waals surface area contributed by atoms with Crippen molar-refractivity contribution < 1.29 is 0 Å². The highest BCUT2D eigenvalue weighted by Gasteiger charge is 2.23. The molecular formula is C130H89N5S5. The second kappa shape index (κ2) is 38.8. The first kappa shape index (κ1) is 86.1. The lowest BCUT2D eigenvalue weighted by molar-refractivity contribution is 1.17. The van der Waals surface area contributed by atoms with Gasteiger partial charge in [-0.25, -0.2) is 0 Å². The fourth-order valence-corrected chi connectivity index (χ4v) is 24.2. The van der Waals surface area contributed by atoms with Crippen molar-refractivity contribution in [2.45, 2.75) is 0 Å². The van der Waals surface area contributed by atoms with E-state index in [2.05, 4.69) is 564 Å². The number of thiophene rings is 5. The molecule has 664 valence electrons. The van der Waals surface area contributed by atoms with Crippen molar-refractivity contribution in [3.63, 3.8) is 0 Å². The van der Waals surface area contributed by atoms with Gasteiger partial charge in [-0.2, -0.15) is 0 Å². The third-order valence-electron chi connectivity index (χ3n) is 26.0. The lowest BCUT2D eigenvalue weighted by Gasteiger charge is -2.26. The Balaban J connectivity index is 0.000000156. The Hall–Kier alpha value is -16.8. The van der Waals surface area contributed by atoms with E-state index in [0.717, 1.165) is 96.2 Å². The Labute approximate surface area is 835 Å². The molecule has 0 fully saturated rings. The molecule has 25 aromatic rings. The number of hydrogen-bond acceptors (Lipinski definition) is 9. The fourth-order valence-electron chi connectivity index (χ4n) is 19.0. The van der Waals surface area contributed by atoms with Crippen LogP contribution in [-0.2, 0) is 0 Å². The molecule has 0 saturated carbocycles. The number of anilines is 12. The lowest BCUT2D eigenvalue weighted by Crippen LogP contribution is -2.10. The molecule has 0 spiro atoms. The normalized spacial score (nSPS) is 11.3. The van der Waals surface area contributed by atoms with Crippen molar-refractivity contribution in [3.05, 3.63) is 540 Å². The van der Waals surface area contributed by atoms with Crippen LogP contribution in [0.2, 0.25) is 0 Å². The molecule has 5 nitrogen and oxygen atoms in total. The zero-order chi connectivity index (χ0) is 93.0. The van der Waals surface area contributed by atoms with Gasteiger partial charge < -0.3 is 24.2 Å². The van der Waals surface area contributed by atoms with Crippen LogP contribution in [0.3, 0.4) is 0 Å². The van der Waals surface area contributed by atoms with Gasteiger partial charge in [-0.1, -0.05) is 309 Å². The molecule has 140 heavy (non-hydrogen) atoms. The van der Waals surface area contributed by atoms with Gasteiger partial charge in [0.15, 0.2) is 0 Å². The van der Waals surface area contributed by atoms with Crippen LogP contribution in [0.5, 0.6) is 0 Å². The van der Waals surface area contributed by atoms with Gasteiger partial charge in [0.2, 0.25) is 0 Å². The van der Waals surface area contributed by atoms with Gasteiger partial charge in [-0.15, -0.1) is 56.7 Å². The van der Waals surface area contributed by atoms with E-state index in [1.807, 2.05) is 56.7 Å². The summed E-state index contributed by atoms with van der Waals surface area (Å²) in [5.74, 6) is 0. The van der Waals surface area contributed by atoms with Gasteiger partial charge in [0.25, 0.3) is 0 Å². The summed E-state index contributed by atoms with van der Waals surface area (Å²) in [6.45, 7) is 0. The Kier molecular flexibility index (Phi) is 23.8. The lowest BCUT2D eigenvalue weighted by atomic mass is 10.0. The fraction of sp³-hybridized carbons (Fsp3) is 0. The minimum Gasteiger partial charge on any atom is -0.311 e. The van der Waals surface area contributed by atoms with E-state index in [9.17, 15) is 0 Å². The summed E-state index contributed by atoms with van der Waals surface area (Å²) in [5, 5.41) is 5.09. The Morgan fingerprint density at radius 2 is 0.329 bits per heavy atom. The van der Waals surface area contributed by atoms with Crippen LogP contribution >= 0.6 is 56.7 Å². The molecule has 6 aromatic heterocycles. The van der Waals surface area contributed by atoms with E-state index in [1.54, 1.807) is 0 Å². The first-order valence-corrected chi connectivity index (χ1v) is 51.2. The average molecular weight is 1880 g/mol. The molecule has 0 atom stereocenters. The molecule has 10 heteroatoms. The minimum absolute atomic E-state index is 1.09. The molecule has 0 unspecified atom stereocenters. The highest BCUT2D eigenvalue weighted by molar-refractivity contribution is 7.23. The third-order valence-corrected chi connectivity index (χ3v) is 31.9. The summed E-state index contributed by atoms with van der Waals surface area (Å²) >= 11 is 9.17. The third kappa shape index (κ3) is 17.7. The van der Waals surface area contributed by atoms with E-state index in [4.69, 9.17) is 0 Å². The number of fused-ring (bicyclic) bond motifs is 5. The summed E-state index contributed by atoms with van der Waals surface area (Å²) < 4.78 is 4.97. The van der Waals surface area contributed by atoms with Gasteiger partial charge in [0.05, 0.1) is 11.0 Å². The maximum absolute atomic E-state index is 2.37. The molecule has 19 aromatic carbocycles. The molecule has 0 aliphatic carbocycles. The summed E-state index contributed by atoms with van der Waals surface area (Å²) in [5.41, 5.74) is 31.2. The SMILES string of the molecule is c1ccc(-c2ccc(-c3ccc(N(c4ccc(-c5ccc(N(c6ccc(-c7ccc(-c8ccccc8)s7)cc6)c6ccc(-c7cc8ccccc8s7)cc6)cc5)cc4)c4ccc(-c5cc6ccccc6s5)cc4)cc3)s2)cc1.c1ccc(-c2ccc(-c3ccc(N(c4ccccc4)c4ccc(-c5ccc(N(c6ccccc6)c6ccc(-n7c8ccccc8c8ccccc87)cc6)cc5)cc4)cc3)s2)cc1. The standard InChI is InChI=1S/C72H48N2S4.C58H41N3S/c1-3-11-51(12-4-1)67-43-45-69(75-67)53-23-35-61(36-24-53)73(63-39-27-55(28-40-63)71-47-57-15-7-9-17-65(57)77-71)59-31-19-49(20-32-59)50-21-33-60(34-22-50)74(64-41-29-56(30-42-64)72-48-58-16-8-10-18-66(58)78-72)62-37-25-54(26-38-62)70-46-44-68(76-70)52-13-5-2-6-14-52;1-4-14-44(15-5-1)57-40-41-58(62-57)45-28-34-50(35-29-45)59(46-16-6-2-7-17-46)48-30-24-42(25-31-48)43-26-32-49(33-27-43)60(47-18-8-3-9-19-47)51-36-38-52(39-37-51)61-55-22-12-10-20-53(55)54-21-11-13-23-56(54)61/h1-48H;1-41H. The molecule has 6 heterocycles. The number of aromatic nitrogens is 1. The predicted octanol–water partition coefficient (Wildman–Crippen LogP) is 39.6. The molecule has 0 saturated heterocycles. The van der Waals surface area contributed by atoms with Crippen molar-refractivity contribution in [1.82, 2.24) is 4.57 Å². The maximum atomic E-state index is 2.37. The van der Waals surface area contributed by atoms with Crippen molar-refractivity contribution in [2.75, 3.05) is 19.6 Å². The molecule has 0 amide bonds. The minimum atomic E-state index is 1.09. The van der Waals surface area contributed by atoms with E-state index in [-0.39, 0.29) is 0 Å². The monoisotopic (exact) mass is 1880 g/mol. The predicted molar refractivity (Wildman–Crippen MR) is 605 cm³/mol. The summed E-state index contributed by atoms with van der Waals surface area (Å²) in [6.07, 6.45) is 0. The van der Waals surface area contributed by atoms with E-state index < -0.39 is 0 Å². The first-order valence-electron chi connectivity index (χ1n) is 47.1. The second-order valence-corrected chi connectivity index (χ2v) is 40.1. The zero-order valence-electron chi connectivity index (χ0n) is 76.2. The van der Waals surface area contributed by atoms with E-state index >= 15 is 0 Å². The molecule has 0 aliphatic rings. The number of nitrogens with zero attached hydrogens (tertiary/aromatic N) is 5. The quantitative estimate of drug-likeness (QED) is 0.0635. The first-order chi connectivity index (χ1) is 69.3. The Bertz CT molecular complexity index is 8170. The highest BCUT2D eigenvalue weighted by atomic mass is 32.1. The Morgan fingerprint density at radius 1 is 0.136 bits per heavy atom. The van der Waals surface area contributed by atoms with Gasteiger partial charge in [-0.05, 0) is 308 Å². The van der Waals surface area contributed by atoms with Gasteiger partial charge in [0.1, 0.15) is 0 Å². The van der Waals surface area contributed by atoms with Crippen LogP contribution in [0.4, 0.5) is 68.2 Å².